The molecule has 0 saturated heterocycles. The number of halogens is 1. The number of thiazole rings is 1. The first kappa shape index (κ1) is 15.0. The van der Waals surface area contributed by atoms with Crippen LogP contribution in [-0.2, 0) is 6.54 Å². The van der Waals surface area contributed by atoms with Crippen molar-refractivity contribution in [3.05, 3.63) is 45.9 Å². The van der Waals surface area contributed by atoms with Gasteiger partial charge in [0.15, 0.2) is 5.13 Å². The molecule has 5 nitrogen and oxygen atoms in total. The Morgan fingerprint density at radius 1 is 1.45 bits per heavy atom. The van der Waals surface area contributed by atoms with E-state index in [1.165, 1.54) is 11.3 Å². The third-order valence-electron chi connectivity index (χ3n) is 2.62. The summed E-state index contributed by atoms with van der Waals surface area (Å²) in [6, 6.07) is 7.41. The molecule has 1 aromatic carbocycles. The van der Waals surface area contributed by atoms with E-state index in [-0.39, 0.29) is 19.2 Å². The fourth-order valence-corrected chi connectivity index (χ4v) is 2.59. The number of anilines is 1. The molecular formula is C13H14BrN3O2S. The predicted molar refractivity (Wildman–Crippen MR) is 82.8 cm³/mol. The first-order valence-corrected chi connectivity index (χ1v) is 7.67. The van der Waals surface area contributed by atoms with E-state index in [2.05, 4.69) is 26.2 Å². The molecule has 2 amide bonds. The van der Waals surface area contributed by atoms with Crippen LogP contribution in [-0.4, -0.2) is 34.2 Å². The number of carbonyl (C=O) groups excluding carboxylic acids is 1. The minimum absolute atomic E-state index is 0.0876. The van der Waals surface area contributed by atoms with E-state index in [4.69, 9.17) is 5.11 Å². The van der Waals surface area contributed by atoms with Gasteiger partial charge >= 0.3 is 6.03 Å². The zero-order valence-electron chi connectivity index (χ0n) is 10.6. The summed E-state index contributed by atoms with van der Waals surface area (Å²) in [5, 5.41) is 14.2. The minimum atomic E-state index is -0.273. The Bertz CT molecular complexity index is 563. The average molecular weight is 356 g/mol. The highest BCUT2D eigenvalue weighted by Gasteiger charge is 2.15. The Labute approximate surface area is 129 Å². The second kappa shape index (κ2) is 7.37. The number of aliphatic hydroxyl groups excluding tert-OH is 1. The number of benzene rings is 1. The van der Waals surface area contributed by atoms with E-state index >= 15 is 0 Å². The molecule has 106 valence electrons. The van der Waals surface area contributed by atoms with Gasteiger partial charge in [-0.2, -0.15) is 0 Å². The van der Waals surface area contributed by atoms with Crippen molar-refractivity contribution in [2.45, 2.75) is 6.54 Å². The van der Waals surface area contributed by atoms with E-state index in [1.807, 2.05) is 24.3 Å². The van der Waals surface area contributed by atoms with E-state index in [0.29, 0.717) is 11.7 Å². The third kappa shape index (κ3) is 4.03. The lowest BCUT2D eigenvalue weighted by molar-refractivity contribution is 0.185. The van der Waals surface area contributed by atoms with Crippen molar-refractivity contribution in [3.8, 4) is 0 Å². The topological polar surface area (TPSA) is 65.5 Å². The molecule has 1 aromatic heterocycles. The first-order chi connectivity index (χ1) is 9.70. The van der Waals surface area contributed by atoms with Crippen LogP contribution < -0.4 is 5.32 Å². The Hall–Kier alpha value is -1.44. The van der Waals surface area contributed by atoms with Gasteiger partial charge in [-0.1, -0.05) is 34.1 Å². The van der Waals surface area contributed by atoms with Gasteiger partial charge in [-0.05, 0) is 11.6 Å². The number of nitrogens with zero attached hydrogens (tertiary/aromatic N) is 2. The molecule has 0 saturated carbocycles. The molecule has 0 atom stereocenters. The smallest absolute Gasteiger partial charge is 0.324 e. The zero-order chi connectivity index (χ0) is 14.4. The van der Waals surface area contributed by atoms with Gasteiger partial charge in [0.05, 0.1) is 6.61 Å². The summed E-state index contributed by atoms with van der Waals surface area (Å²) in [7, 11) is 0. The molecule has 20 heavy (non-hydrogen) atoms. The number of amides is 2. The van der Waals surface area contributed by atoms with Crippen LogP contribution in [0.25, 0.3) is 0 Å². The Balaban J connectivity index is 2.06. The number of nitrogens with one attached hydrogen (secondary N) is 1. The van der Waals surface area contributed by atoms with Gasteiger partial charge in [0.1, 0.15) is 0 Å². The molecule has 7 heteroatoms. The summed E-state index contributed by atoms with van der Waals surface area (Å²) in [5.74, 6) is 0. The van der Waals surface area contributed by atoms with Crippen LogP contribution in [0.1, 0.15) is 5.56 Å². The zero-order valence-corrected chi connectivity index (χ0v) is 13.0. The number of hydrogen-bond acceptors (Lipinski definition) is 4. The lowest BCUT2D eigenvalue weighted by Gasteiger charge is -2.22. The summed E-state index contributed by atoms with van der Waals surface area (Å²) in [5.41, 5.74) is 0.982. The predicted octanol–water partition coefficient (Wildman–Crippen LogP) is 2.93. The van der Waals surface area contributed by atoms with Gasteiger partial charge in [0.25, 0.3) is 0 Å². The van der Waals surface area contributed by atoms with Crippen molar-refractivity contribution < 1.29 is 9.90 Å². The fourth-order valence-electron chi connectivity index (χ4n) is 1.66. The molecule has 2 N–H and O–H groups in total. The molecule has 0 spiro atoms. The quantitative estimate of drug-likeness (QED) is 0.866. The second-order valence-electron chi connectivity index (χ2n) is 4.00. The van der Waals surface area contributed by atoms with Gasteiger partial charge in [-0.15, -0.1) is 11.3 Å². The molecule has 2 aromatic rings. The van der Waals surface area contributed by atoms with Crippen molar-refractivity contribution in [1.29, 1.82) is 0 Å². The molecule has 1 heterocycles. The standard InChI is InChI=1S/C13H14BrN3O2S/c14-11-4-2-1-3-10(11)9-17(6-7-18)13(19)16-12-15-5-8-20-12/h1-5,8,18H,6-7,9H2,(H,15,16,19). The molecular weight excluding hydrogens is 342 g/mol. The van der Waals surface area contributed by atoms with E-state index in [9.17, 15) is 4.79 Å². The van der Waals surface area contributed by atoms with Crippen LogP contribution in [0.2, 0.25) is 0 Å². The van der Waals surface area contributed by atoms with Crippen LogP contribution in [0.4, 0.5) is 9.93 Å². The van der Waals surface area contributed by atoms with Gasteiger partial charge in [0.2, 0.25) is 0 Å². The monoisotopic (exact) mass is 355 g/mol. The van der Waals surface area contributed by atoms with E-state index in [1.54, 1.807) is 16.5 Å². The van der Waals surface area contributed by atoms with Crippen LogP contribution in [0.15, 0.2) is 40.3 Å². The second-order valence-corrected chi connectivity index (χ2v) is 5.75. The highest BCUT2D eigenvalue weighted by Crippen LogP contribution is 2.18. The maximum atomic E-state index is 12.2. The lowest BCUT2D eigenvalue weighted by Crippen LogP contribution is -2.36. The van der Waals surface area contributed by atoms with Gasteiger partial charge in [0, 0.05) is 29.1 Å². The molecule has 0 aliphatic rings. The largest absolute Gasteiger partial charge is 0.395 e. The number of urea groups is 1. The van der Waals surface area contributed by atoms with Crippen molar-refractivity contribution in [3.63, 3.8) is 0 Å². The van der Waals surface area contributed by atoms with Gasteiger partial charge in [-0.25, -0.2) is 9.78 Å². The third-order valence-corrected chi connectivity index (χ3v) is 4.08. The van der Waals surface area contributed by atoms with Crippen molar-refractivity contribution in [1.82, 2.24) is 9.88 Å². The van der Waals surface area contributed by atoms with Crippen molar-refractivity contribution in [2.24, 2.45) is 0 Å². The molecule has 0 radical (unpaired) electrons. The molecule has 0 unspecified atom stereocenters. The summed E-state index contributed by atoms with van der Waals surface area (Å²) in [6.07, 6.45) is 1.63. The minimum Gasteiger partial charge on any atom is -0.395 e. The molecule has 0 aliphatic carbocycles. The van der Waals surface area contributed by atoms with Crippen LogP contribution in [0.3, 0.4) is 0 Å². The van der Waals surface area contributed by atoms with Crippen LogP contribution >= 0.6 is 27.3 Å². The van der Waals surface area contributed by atoms with E-state index < -0.39 is 0 Å². The normalized spacial score (nSPS) is 10.3. The summed E-state index contributed by atoms with van der Waals surface area (Å²) in [6.45, 7) is 0.591. The molecule has 0 fully saturated rings. The SMILES string of the molecule is O=C(Nc1nccs1)N(CCO)Cc1ccccc1Br. The van der Waals surface area contributed by atoms with E-state index in [0.717, 1.165) is 10.0 Å². The fraction of sp³-hybridized carbons (Fsp3) is 0.231. The first-order valence-electron chi connectivity index (χ1n) is 6.00. The summed E-state index contributed by atoms with van der Waals surface area (Å²) >= 11 is 4.81. The highest BCUT2D eigenvalue weighted by molar-refractivity contribution is 9.10. The van der Waals surface area contributed by atoms with Crippen molar-refractivity contribution in [2.75, 3.05) is 18.5 Å². The summed E-state index contributed by atoms with van der Waals surface area (Å²) < 4.78 is 0.935. The van der Waals surface area contributed by atoms with Crippen LogP contribution in [0, 0.1) is 0 Å². The lowest BCUT2D eigenvalue weighted by atomic mass is 10.2. The maximum Gasteiger partial charge on any atom is 0.324 e. The number of carbonyl (C=O) groups is 1. The maximum absolute atomic E-state index is 12.2. The highest BCUT2D eigenvalue weighted by atomic mass is 79.9. The Morgan fingerprint density at radius 3 is 2.90 bits per heavy atom. The number of aliphatic hydroxyl groups is 1. The van der Waals surface area contributed by atoms with Crippen LogP contribution in [0.5, 0.6) is 0 Å². The molecule has 2 rings (SSSR count). The number of rotatable bonds is 5. The molecule has 0 aliphatic heterocycles. The molecule has 0 bridgehead atoms. The van der Waals surface area contributed by atoms with Crippen molar-refractivity contribution >= 4 is 38.4 Å². The Kier molecular flexibility index (Phi) is 5.51. The Morgan fingerprint density at radius 2 is 2.25 bits per heavy atom. The number of hydrogen-bond donors (Lipinski definition) is 2. The summed E-state index contributed by atoms with van der Waals surface area (Å²) in [4.78, 5) is 17.7. The van der Waals surface area contributed by atoms with Gasteiger partial charge in [-0.3, -0.25) is 5.32 Å². The number of aromatic nitrogens is 1. The van der Waals surface area contributed by atoms with Gasteiger partial charge < -0.3 is 10.0 Å². The average Bonchev–Trinajstić information content (AvgIpc) is 2.93.